The fourth-order valence-electron chi connectivity index (χ4n) is 1.93. The Bertz CT molecular complexity index is 541. The zero-order chi connectivity index (χ0) is 13.3. The molecule has 18 heavy (non-hydrogen) atoms. The molecule has 0 amide bonds. The minimum absolute atomic E-state index is 0.244. The summed E-state index contributed by atoms with van der Waals surface area (Å²) in [5.74, 6) is 0.370. The van der Waals surface area contributed by atoms with E-state index in [1.165, 1.54) is 0 Å². The molecule has 0 aliphatic rings. The van der Waals surface area contributed by atoms with Crippen molar-refractivity contribution in [1.82, 2.24) is 9.78 Å². The third-order valence-corrected chi connectivity index (χ3v) is 3.63. The van der Waals surface area contributed by atoms with Crippen LogP contribution in [0.2, 0.25) is 10.0 Å². The highest BCUT2D eigenvalue weighted by atomic mass is 35.5. The van der Waals surface area contributed by atoms with Crippen molar-refractivity contribution in [2.24, 2.45) is 0 Å². The Labute approximate surface area is 121 Å². The van der Waals surface area contributed by atoms with E-state index in [4.69, 9.17) is 34.8 Å². The van der Waals surface area contributed by atoms with Crippen molar-refractivity contribution < 1.29 is 0 Å². The second kappa shape index (κ2) is 5.52. The Morgan fingerprint density at radius 3 is 2.33 bits per heavy atom. The lowest BCUT2D eigenvalue weighted by Gasteiger charge is -2.11. The van der Waals surface area contributed by atoms with Crippen LogP contribution in [0, 0.1) is 0 Å². The Balaban J connectivity index is 2.65. The van der Waals surface area contributed by atoms with E-state index in [0.29, 0.717) is 15.9 Å². The molecular weight excluding hydrogens is 291 g/mol. The molecule has 0 saturated heterocycles. The largest absolute Gasteiger partial charge is 0.265 e. The molecule has 0 bridgehead atoms. The Morgan fingerprint density at radius 1 is 1.22 bits per heavy atom. The summed E-state index contributed by atoms with van der Waals surface area (Å²) < 4.78 is 1.89. The van der Waals surface area contributed by atoms with Crippen LogP contribution in [0.15, 0.2) is 24.4 Å². The second-order valence-corrected chi connectivity index (χ2v) is 5.36. The van der Waals surface area contributed by atoms with Gasteiger partial charge in [0.1, 0.15) is 0 Å². The van der Waals surface area contributed by atoms with Crippen molar-refractivity contribution >= 4 is 34.8 Å². The van der Waals surface area contributed by atoms with Crippen molar-refractivity contribution in [2.75, 3.05) is 0 Å². The minimum atomic E-state index is 0.244. The van der Waals surface area contributed by atoms with Gasteiger partial charge in [0.2, 0.25) is 0 Å². The highest BCUT2D eigenvalue weighted by molar-refractivity contribution is 6.39. The fourth-order valence-corrected chi connectivity index (χ4v) is 2.80. The number of rotatable bonds is 3. The molecule has 96 valence electrons. The zero-order valence-corrected chi connectivity index (χ0v) is 12.4. The molecule has 0 radical (unpaired) electrons. The molecular formula is C13H13Cl3N2. The van der Waals surface area contributed by atoms with Gasteiger partial charge in [0.15, 0.2) is 0 Å². The predicted octanol–water partition coefficient (Wildman–Crippen LogP) is 5.18. The smallest absolute Gasteiger partial charge is 0.0650 e. The Hall–Kier alpha value is -0.700. The summed E-state index contributed by atoms with van der Waals surface area (Å²) in [7, 11) is 0. The van der Waals surface area contributed by atoms with Gasteiger partial charge in [0, 0.05) is 17.2 Å². The SMILES string of the molecule is CC(C)n1ncc(-c2c(Cl)cccc2Cl)c1CCl. The van der Waals surface area contributed by atoms with E-state index in [0.717, 1.165) is 16.8 Å². The van der Waals surface area contributed by atoms with Crippen LogP contribution < -0.4 is 0 Å². The number of halogens is 3. The predicted molar refractivity (Wildman–Crippen MR) is 77.6 cm³/mol. The number of hydrogen-bond donors (Lipinski definition) is 0. The van der Waals surface area contributed by atoms with Gasteiger partial charge in [-0.15, -0.1) is 11.6 Å². The van der Waals surface area contributed by atoms with Crippen molar-refractivity contribution in [3.05, 3.63) is 40.1 Å². The topological polar surface area (TPSA) is 17.8 Å². The maximum Gasteiger partial charge on any atom is 0.0650 e. The van der Waals surface area contributed by atoms with E-state index in [1.54, 1.807) is 6.20 Å². The van der Waals surface area contributed by atoms with Gasteiger partial charge < -0.3 is 0 Å². The highest BCUT2D eigenvalue weighted by Crippen LogP contribution is 2.37. The molecule has 2 aromatic rings. The molecule has 1 aromatic heterocycles. The molecule has 0 fully saturated rings. The fraction of sp³-hybridized carbons (Fsp3) is 0.308. The molecule has 0 unspecified atom stereocenters. The first-order valence-electron chi connectivity index (χ1n) is 5.63. The van der Waals surface area contributed by atoms with Gasteiger partial charge in [-0.2, -0.15) is 5.10 Å². The van der Waals surface area contributed by atoms with E-state index >= 15 is 0 Å². The van der Waals surface area contributed by atoms with Gasteiger partial charge in [0.05, 0.1) is 27.8 Å². The molecule has 2 rings (SSSR count). The van der Waals surface area contributed by atoms with E-state index in [-0.39, 0.29) is 6.04 Å². The summed E-state index contributed by atoms with van der Waals surface area (Å²) in [5, 5.41) is 5.58. The molecule has 0 aliphatic heterocycles. The molecule has 0 spiro atoms. The molecule has 2 nitrogen and oxygen atoms in total. The van der Waals surface area contributed by atoms with Gasteiger partial charge >= 0.3 is 0 Å². The van der Waals surface area contributed by atoms with Crippen LogP contribution in [0.5, 0.6) is 0 Å². The summed E-state index contributed by atoms with van der Waals surface area (Å²) in [6, 6.07) is 5.69. The normalized spacial score (nSPS) is 11.2. The Morgan fingerprint density at radius 2 is 1.83 bits per heavy atom. The number of nitrogens with zero attached hydrogens (tertiary/aromatic N) is 2. The molecule has 0 saturated carbocycles. The molecule has 1 heterocycles. The third kappa shape index (κ3) is 2.37. The standard InChI is InChI=1S/C13H13Cl3N2/c1-8(2)18-12(6-14)9(7-17-18)13-10(15)4-3-5-11(13)16/h3-5,7-8H,6H2,1-2H3. The van der Waals surface area contributed by atoms with Crippen LogP contribution in [0.25, 0.3) is 11.1 Å². The van der Waals surface area contributed by atoms with Crippen molar-refractivity contribution in [3.63, 3.8) is 0 Å². The number of aromatic nitrogens is 2. The summed E-state index contributed by atoms with van der Waals surface area (Å²) >= 11 is 18.5. The summed E-state index contributed by atoms with van der Waals surface area (Å²) in [4.78, 5) is 0. The van der Waals surface area contributed by atoms with Crippen LogP contribution in [-0.4, -0.2) is 9.78 Å². The van der Waals surface area contributed by atoms with Gasteiger partial charge in [-0.3, -0.25) is 4.68 Å². The van der Waals surface area contributed by atoms with Gasteiger partial charge in [-0.1, -0.05) is 29.3 Å². The van der Waals surface area contributed by atoms with Crippen LogP contribution in [0.1, 0.15) is 25.6 Å². The van der Waals surface area contributed by atoms with E-state index in [2.05, 4.69) is 18.9 Å². The molecule has 0 N–H and O–H groups in total. The summed E-state index contributed by atoms with van der Waals surface area (Å²) in [5.41, 5.74) is 2.62. The number of alkyl halides is 1. The average molecular weight is 304 g/mol. The minimum Gasteiger partial charge on any atom is -0.265 e. The van der Waals surface area contributed by atoms with Crippen LogP contribution in [0.4, 0.5) is 0 Å². The Kier molecular flexibility index (Phi) is 4.21. The number of hydrogen-bond acceptors (Lipinski definition) is 1. The lowest BCUT2D eigenvalue weighted by molar-refractivity contribution is 0.517. The number of benzene rings is 1. The summed E-state index contributed by atoms with van der Waals surface area (Å²) in [6.07, 6.45) is 1.77. The van der Waals surface area contributed by atoms with Crippen LogP contribution in [-0.2, 0) is 5.88 Å². The highest BCUT2D eigenvalue weighted by Gasteiger charge is 2.17. The quantitative estimate of drug-likeness (QED) is 0.715. The first-order valence-corrected chi connectivity index (χ1v) is 6.92. The monoisotopic (exact) mass is 302 g/mol. The van der Waals surface area contributed by atoms with Crippen LogP contribution >= 0.6 is 34.8 Å². The van der Waals surface area contributed by atoms with Gasteiger partial charge in [0.25, 0.3) is 0 Å². The third-order valence-electron chi connectivity index (χ3n) is 2.75. The molecule has 0 aliphatic carbocycles. The molecule has 5 heteroatoms. The lowest BCUT2D eigenvalue weighted by Crippen LogP contribution is -2.06. The van der Waals surface area contributed by atoms with Gasteiger partial charge in [-0.05, 0) is 26.0 Å². The van der Waals surface area contributed by atoms with Crippen molar-refractivity contribution in [2.45, 2.75) is 25.8 Å². The van der Waals surface area contributed by atoms with Crippen molar-refractivity contribution in [1.29, 1.82) is 0 Å². The maximum absolute atomic E-state index is 6.22. The van der Waals surface area contributed by atoms with E-state index < -0.39 is 0 Å². The average Bonchev–Trinajstić information content (AvgIpc) is 2.72. The first-order chi connectivity index (χ1) is 8.56. The van der Waals surface area contributed by atoms with E-state index in [1.807, 2.05) is 22.9 Å². The van der Waals surface area contributed by atoms with Gasteiger partial charge in [-0.25, -0.2) is 0 Å². The second-order valence-electron chi connectivity index (χ2n) is 4.27. The lowest BCUT2D eigenvalue weighted by atomic mass is 10.1. The van der Waals surface area contributed by atoms with Crippen LogP contribution in [0.3, 0.4) is 0 Å². The van der Waals surface area contributed by atoms with E-state index in [9.17, 15) is 0 Å². The maximum atomic E-state index is 6.22. The zero-order valence-electron chi connectivity index (χ0n) is 10.1. The first kappa shape index (κ1) is 13.7. The molecule has 0 atom stereocenters. The molecule has 1 aromatic carbocycles. The summed E-state index contributed by atoms with van der Waals surface area (Å²) in [6.45, 7) is 4.11. The van der Waals surface area contributed by atoms with Crippen molar-refractivity contribution in [3.8, 4) is 11.1 Å².